The van der Waals surface area contributed by atoms with Gasteiger partial charge in [-0.25, -0.2) is 4.98 Å². The van der Waals surface area contributed by atoms with Gasteiger partial charge in [-0.15, -0.1) is 11.3 Å². The first-order chi connectivity index (χ1) is 14.1. The van der Waals surface area contributed by atoms with Crippen LogP contribution >= 0.6 is 11.3 Å². The number of fused-ring (bicyclic) bond motifs is 1. The van der Waals surface area contributed by atoms with Crippen molar-refractivity contribution in [3.63, 3.8) is 0 Å². The van der Waals surface area contributed by atoms with Crippen molar-refractivity contribution < 1.29 is 14.5 Å². The number of carbonyl (C=O) groups excluding carboxylic acids is 2. The van der Waals surface area contributed by atoms with Crippen molar-refractivity contribution in [1.82, 2.24) is 9.55 Å². The van der Waals surface area contributed by atoms with Crippen LogP contribution in [0.3, 0.4) is 0 Å². The summed E-state index contributed by atoms with van der Waals surface area (Å²) < 4.78 is 1.24. The third-order valence-electron chi connectivity index (χ3n) is 4.68. The van der Waals surface area contributed by atoms with Crippen LogP contribution in [0.4, 0.5) is 11.4 Å². The standard InChI is InChI=1S/C19H19N5O5S/c1-4-13-22-18-15(10(3)16(30-18)17(20)26)19(27)23(13)8-14(25)21-12-7-11(24(28)29)6-5-9(12)2/h5-7H,4,8H2,1-3H3,(H2,20,26)(H,21,25). The van der Waals surface area contributed by atoms with Crippen molar-refractivity contribution in [2.75, 3.05) is 5.32 Å². The Labute approximate surface area is 174 Å². The quantitative estimate of drug-likeness (QED) is 0.453. The van der Waals surface area contributed by atoms with E-state index in [0.29, 0.717) is 28.2 Å². The number of aromatic nitrogens is 2. The molecule has 3 rings (SSSR count). The van der Waals surface area contributed by atoms with E-state index in [1.54, 1.807) is 20.8 Å². The van der Waals surface area contributed by atoms with Gasteiger partial charge in [0.15, 0.2) is 0 Å². The molecule has 0 aliphatic heterocycles. The second-order valence-electron chi connectivity index (χ2n) is 6.68. The number of aryl methyl sites for hydroxylation is 3. The smallest absolute Gasteiger partial charge is 0.271 e. The van der Waals surface area contributed by atoms with Crippen molar-refractivity contribution in [2.45, 2.75) is 33.7 Å². The van der Waals surface area contributed by atoms with Gasteiger partial charge < -0.3 is 11.1 Å². The van der Waals surface area contributed by atoms with E-state index in [9.17, 15) is 24.5 Å². The van der Waals surface area contributed by atoms with Crippen LogP contribution in [0.2, 0.25) is 0 Å². The highest BCUT2D eigenvalue weighted by molar-refractivity contribution is 7.20. The summed E-state index contributed by atoms with van der Waals surface area (Å²) in [6.07, 6.45) is 0.386. The highest BCUT2D eigenvalue weighted by Gasteiger charge is 2.21. The van der Waals surface area contributed by atoms with E-state index >= 15 is 0 Å². The summed E-state index contributed by atoms with van der Waals surface area (Å²) in [4.78, 5) is 52.8. The molecule has 0 fully saturated rings. The first-order valence-corrected chi connectivity index (χ1v) is 9.83. The van der Waals surface area contributed by atoms with Crippen molar-refractivity contribution in [1.29, 1.82) is 0 Å². The Hall–Kier alpha value is -3.60. The molecule has 11 heteroatoms. The van der Waals surface area contributed by atoms with E-state index in [0.717, 1.165) is 11.3 Å². The van der Waals surface area contributed by atoms with Crippen LogP contribution in [0.5, 0.6) is 0 Å². The number of non-ortho nitro benzene ring substituents is 1. The Kier molecular flexibility index (Phi) is 5.65. The number of anilines is 1. The number of hydrogen-bond acceptors (Lipinski definition) is 7. The lowest BCUT2D eigenvalue weighted by Crippen LogP contribution is -2.31. The molecule has 2 aromatic heterocycles. The summed E-state index contributed by atoms with van der Waals surface area (Å²) in [5.74, 6) is -0.784. The van der Waals surface area contributed by atoms with Gasteiger partial charge in [0.2, 0.25) is 5.91 Å². The lowest BCUT2D eigenvalue weighted by Gasteiger charge is -2.13. The molecule has 2 amide bonds. The van der Waals surface area contributed by atoms with Crippen LogP contribution < -0.4 is 16.6 Å². The number of rotatable bonds is 6. The van der Waals surface area contributed by atoms with E-state index in [2.05, 4.69) is 10.3 Å². The Morgan fingerprint density at radius 1 is 1.33 bits per heavy atom. The highest BCUT2D eigenvalue weighted by Crippen LogP contribution is 2.27. The first-order valence-electron chi connectivity index (χ1n) is 9.01. The second-order valence-corrected chi connectivity index (χ2v) is 7.68. The number of amides is 2. The Morgan fingerprint density at radius 2 is 2.03 bits per heavy atom. The van der Waals surface area contributed by atoms with Crippen molar-refractivity contribution in [3.8, 4) is 0 Å². The van der Waals surface area contributed by atoms with E-state index in [1.165, 1.54) is 22.8 Å². The van der Waals surface area contributed by atoms with Gasteiger partial charge in [-0.2, -0.15) is 0 Å². The molecule has 0 radical (unpaired) electrons. The van der Waals surface area contributed by atoms with Crippen molar-refractivity contribution >= 4 is 44.7 Å². The Bertz CT molecular complexity index is 1260. The summed E-state index contributed by atoms with van der Waals surface area (Å²) in [5, 5.41) is 13.9. The van der Waals surface area contributed by atoms with Crippen LogP contribution in [0, 0.1) is 24.0 Å². The normalized spacial score (nSPS) is 10.9. The van der Waals surface area contributed by atoms with Gasteiger partial charge in [0.05, 0.1) is 20.9 Å². The zero-order valence-electron chi connectivity index (χ0n) is 16.5. The third kappa shape index (κ3) is 3.79. The molecule has 0 aliphatic rings. The van der Waals surface area contributed by atoms with Crippen molar-refractivity contribution in [2.24, 2.45) is 5.73 Å². The van der Waals surface area contributed by atoms with E-state index < -0.39 is 22.3 Å². The maximum Gasteiger partial charge on any atom is 0.271 e. The fourth-order valence-electron chi connectivity index (χ4n) is 3.12. The molecule has 156 valence electrons. The van der Waals surface area contributed by atoms with E-state index in [1.807, 2.05) is 0 Å². The van der Waals surface area contributed by atoms with Gasteiger partial charge in [-0.05, 0) is 25.0 Å². The summed E-state index contributed by atoms with van der Waals surface area (Å²) in [7, 11) is 0. The average molecular weight is 429 g/mol. The van der Waals surface area contributed by atoms with E-state index in [-0.39, 0.29) is 28.2 Å². The average Bonchev–Trinajstić information content (AvgIpc) is 3.02. The minimum atomic E-state index is -0.640. The molecule has 30 heavy (non-hydrogen) atoms. The molecule has 0 saturated carbocycles. The molecule has 0 aliphatic carbocycles. The predicted molar refractivity (Wildman–Crippen MR) is 113 cm³/mol. The molecule has 0 spiro atoms. The number of nitro benzene ring substituents is 1. The summed E-state index contributed by atoms with van der Waals surface area (Å²) in [6, 6.07) is 4.14. The second kappa shape index (κ2) is 8.03. The number of primary amides is 1. The molecule has 3 aromatic rings. The number of thiophene rings is 1. The number of nitrogens with one attached hydrogen (secondary N) is 1. The fraction of sp³-hybridized carbons (Fsp3) is 0.263. The topological polar surface area (TPSA) is 150 Å². The lowest BCUT2D eigenvalue weighted by atomic mass is 10.2. The van der Waals surface area contributed by atoms with Crippen molar-refractivity contribution in [3.05, 3.63) is 60.5 Å². The Morgan fingerprint density at radius 3 is 2.63 bits per heavy atom. The molecule has 0 bridgehead atoms. The molecular formula is C19H19N5O5S. The fourth-order valence-corrected chi connectivity index (χ4v) is 4.16. The lowest BCUT2D eigenvalue weighted by molar-refractivity contribution is -0.384. The molecule has 2 heterocycles. The number of nitro groups is 1. The largest absolute Gasteiger partial charge is 0.365 e. The third-order valence-corrected chi connectivity index (χ3v) is 5.88. The van der Waals surface area contributed by atoms with Crippen LogP contribution in [-0.2, 0) is 17.8 Å². The minimum absolute atomic E-state index is 0.154. The number of hydrogen-bond donors (Lipinski definition) is 2. The maximum atomic E-state index is 13.1. The molecule has 1 aromatic carbocycles. The SMILES string of the molecule is CCc1nc2sc(C(N)=O)c(C)c2c(=O)n1CC(=O)Nc1cc([N+](=O)[O-])ccc1C. The first kappa shape index (κ1) is 21.1. The van der Waals surface area contributed by atoms with Gasteiger partial charge in [0.1, 0.15) is 17.2 Å². The van der Waals surface area contributed by atoms with Crippen LogP contribution in [0.1, 0.15) is 33.5 Å². The molecule has 10 nitrogen and oxygen atoms in total. The van der Waals surface area contributed by atoms with Gasteiger partial charge in [-0.3, -0.25) is 29.1 Å². The van der Waals surface area contributed by atoms with E-state index in [4.69, 9.17) is 5.73 Å². The highest BCUT2D eigenvalue weighted by atomic mass is 32.1. The van der Waals surface area contributed by atoms with Crippen LogP contribution in [0.15, 0.2) is 23.0 Å². The number of nitrogens with zero attached hydrogens (tertiary/aromatic N) is 3. The molecule has 3 N–H and O–H groups in total. The van der Waals surface area contributed by atoms with Crippen LogP contribution in [0.25, 0.3) is 10.2 Å². The number of nitrogens with two attached hydrogens (primary N) is 1. The minimum Gasteiger partial charge on any atom is -0.365 e. The molecule has 0 saturated heterocycles. The zero-order chi connectivity index (χ0) is 22.2. The summed E-state index contributed by atoms with van der Waals surface area (Å²) >= 11 is 1.05. The molecule has 0 atom stereocenters. The number of benzene rings is 1. The summed E-state index contributed by atoms with van der Waals surface area (Å²) in [6.45, 7) is 4.79. The van der Waals surface area contributed by atoms with Gasteiger partial charge in [0.25, 0.3) is 17.2 Å². The number of carbonyl (C=O) groups is 2. The predicted octanol–water partition coefficient (Wildman–Crippen LogP) is 2.28. The monoisotopic (exact) mass is 429 g/mol. The summed E-state index contributed by atoms with van der Waals surface area (Å²) in [5.41, 5.74) is 6.15. The van der Waals surface area contributed by atoms with Gasteiger partial charge in [0, 0.05) is 18.6 Å². The van der Waals surface area contributed by atoms with Gasteiger partial charge in [-0.1, -0.05) is 13.0 Å². The zero-order valence-corrected chi connectivity index (χ0v) is 17.3. The van der Waals surface area contributed by atoms with Gasteiger partial charge >= 0.3 is 0 Å². The van der Waals surface area contributed by atoms with Crippen LogP contribution in [-0.4, -0.2) is 26.3 Å². The molecule has 0 unspecified atom stereocenters. The Balaban J connectivity index is 2.00. The molecular weight excluding hydrogens is 410 g/mol. The maximum absolute atomic E-state index is 13.1.